The Balaban J connectivity index is 0.000000640. The SMILES string of the molecule is COC[C@H]1C[C@H](N)C1.Cl. The third-order valence-corrected chi connectivity index (χ3v) is 1.67. The Morgan fingerprint density at radius 2 is 2.11 bits per heavy atom. The summed E-state index contributed by atoms with van der Waals surface area (Å²) < 4.78 is 4.94. The van der Waals surface area contributed by atoms with Gasteiger partial charge in [-0.25, -0.2) is 0 Å². The van der Waals surface area contributed by atoms with Gasteiger partial charge in [-0.1, -0.05) is 0 Å². The molecule has 1 rings (SSSR count). The molecule has 3 heteroatoms. The standard InChI is InChI=1S/C6H13NO.ClH/c1-8-4-5-2-6(7)3-5;/h5-6H,2-4,7H2,1H3;1H/t5-,6-;. The highest BCUT2D eigenvalue weighted by molar-refractivity contribution is 5.85. The van der Waals surface area contributed by atoms with Gasteiger partial charge in [-0.15, -0.1) is 12.4 Å². The molecule has 0 atom stereocenters. The maximum atomic E-state index is 5.54. The van der Waals surface area contributed by atoms with Crippen LogP contribution in [0.15, 0.2) is 0 Å². The van der Waals surface area contributed by atoms with Crippen LogP contribution in [0.5, 0.6) is 0 Å². The minimum absolute atomic E-state index is 0. The van der Waals surface area contributed by atoms with E-state index < -0.39 is 0 Å². The Labute approximate surface area is 62.2 Å². The second kappa shape index (κ2) is 4.09. The first kappa shape index (κ1) is 9.21. The number of hydrogen-bond donors (Lipinski definition) is 1. The van der Waals surface area contributed by atoms with E-state index in [-0.39, 0.29) is 12.4 Å². The molecule has 1 aliphatic rings. The first-order valence-corrected chi connectivity index (χ1v) is 3.07. The molecule has 0 spiro atoms. The van der Waals surface area contributed by atoms with Gasteiger partial charge in [0.1, 0.15) is 0 Å². The lowest BCUT2D eigenvalue weighted by Crippen LogP contribution is -2.38. The zero-order valence-electron chi connectivity index (χ0n) is 5.67. The summed E-state index contributed by atoms with van der Waals surface area (Å²) in [7, 11) is 1.74. The Hall–Kier alpha value is 0.210. The normalized spacial score (nSPS) is 32.7. The predicted octanol–water partition coefficient (Wildman–Crippen LogP) is 0.792. The summed E-state index contributed by atoms with van der Waals surface area (Å²) >= 11 is 0. The molecule has 0 radical (unpaired) electrons. The summed E-state index contributed by atoms with van der Waals surface area (Å²) in [4.78, 5) is 0. The van der Waals surface area contributed by atoms with Crippen LogP contribution in [0.25, 0.3) is 0 Å². The molecule has 56 valence electrons. The fourth-order valence-electron chi connectivity index (χ4n) is 1.16. The van der Waals surface area contributed by atoms with Crippen molar-refractivity contribution < 1.29 is 4.74 Å². The second-order valence-electron chi connectivity index (χ2n) is 2.55. The molecule has 9 heavy (non-hydrogen) atoms. The van der Waals surface area contributed by atoms with Crippen molar-refractivity contribution in [1.29, 1.82) is 0 Å². The van der Waals surface area contributed by atoms with Crippen LogP contribution in [0.2, 0.25) is 0 Å². The second-order valence-corrected chi connectivity index (χ2v) is 2.55. The number of nitrogens with two attached hydrogens (primary N) is 1. The molecule has 0 saturated heterocycles. The van der Waals surface area contributed by atoms with E-state index in [2.05, 4.69) is 0 Å². The lowest BCUT2D eigenvalue weighted by atomic mass is 9.82. The van der Waals surface area contributed by atoms with Gasteiger partial charge in [-0.05, 0) is 18.8 Å². The van der Waals surface area contributed by atoms with Crippen LogP contribution in [-0.2, 0) is 4.74 Å². The summed E-state index contributed by atoms with van der Waals surface area (Å²) in [5.74, 6) is 0.759. The lowest BCUT2D eigenvalue weighted by Gasteiger charge is -2.31. The minimum Gasteiger partial charge on any atom is -0.384 e. The Kier molecular flexibility index (Phi) is 4.19. The molecule has 0 aromatic heterocycles. The Bertz CT molecular complexity index is 70.7. The van der Waals surface area contributed by atoms with Crippen molar-refractivity contribution in [2.45, 2.75) is 18.9 Å². The molecule has 2 N–H and O–H groups in total. The number of methoxy groups -OCH3 is 1. The predicted molar refractivity (Wildman–Crippen MR) is 39.8 cm³/mol. The molecule has 1 fully saturated rings. The van der Waals surface area contributed by atoms with Crippen molar-refractivity contribution in [3.8, 4) is 0 Å². The van der Waals surface area contributed by atoms with Crippen LogP contribution < -0.4 is 5.73 Å². The minimum atomic E-state index is 0. The topological polar surface area (TPSA) is 35.2 Å². The number of ether oxygens (including phenoxy) is 1. The summed E-state index contributed by atoms with van der Waals surface area (Å²) in [6, 6.07) is 0.468. The third kappa shape index (κ3) is 2.52. The lowest BCUT2D eigenvalue weighted by molar-refractivity contribution is 0.0994. The summed E-state index contributed by atoms with van der Waals surface area (Å²) in [5.41, 5.74) is 5.54. The van der Waals surface area contributed by atoms with E-state index in [1.54, 1.807) is 7.11 Å². The van der Waals surface area contributed by atoms with Crippen molar-refractivity contribution in [1.82, 2.24) is 0 Å². The highest BCUT2D eigenvalue weighted by Gasteiger charge is 2.24. The van der Waals surface area contributed by atoms with Crippen molar-refractivity contribution in [3.63, 3.8) is 0 Å². The van der Waals surface area contributed by atoms with E-state index in [0.717, 1.165) is 25.4 Å². The maximum Gasteiger partial charge on any atom is 0.0491 e. The van der Waals surface area contributed by atoms with E-state index >= 15 is 0 Å². The molecule has 0 amide bonds. The number of hydrogen-bond acceptors (Lipinski definition) is 2. The van der Waals surface area contributed by atoms with Gasteiger partial charge in [0.15, 0.2) is 0 Å². The smallest absolute Gasteiger partial charge is 0.0491 e. The molecule has 0 aliphatic heterocycles. The molecule has 0 bridgehead atoms. The molecule has 0 unspecified atom stereocenters. The van der Waals surface area contributed by atoms with Gasteiger partial charge in [-0.2, -0.15) is 0 Å². The molecule has 2 nitrogen and oxygen atoms in total. The number of rotatable bonds is 2. The summed E-state index contributed by atoms with van der Waals surface area (Å²) in [6.45, 7) is 0.897. The van der Waals surface area contributed by atoms with Crippen molar-refractivity contribution >= 4 is 12.4 Å². The Morgan fingerprint density at radius 3 is 2.44 bits per heavy atom. The van der Waals surface area contributed by atoms with Crippen molar-refractivity contribution in [2.75, 3.05) is 13.7 Å². The van der Waals surface area contributed by atoms with E-state index in [9.17, 15) is 0 Å². The van der Waals surface area contributed by atoms with Gasteiger partial charge in [0.05, 0.1) is 0 Å². The molecule has 1 saturated carbocycles. The van der Waals surface area contributed by atoms with Crippen LogP contribution in [-0.4, -0.2) is 19.8 Å². The molecular weight excluding hydrogens is 138 g/mol. The molecular formula is C6H14ClNO. The fraction of sp³-hybridized carbons (Fsp3) is 1.00. The van der Waals surface area contributed by atoms with Gasteiger partial charge in [0.25, 0.3) is 0 Å². The van der Waals surface area contributed by atoms with E-state index in [1.165, 1.54) is 0 Å². The summed E-state index contributed by atoms with van der Waals surface area (Å²) in [6.07, 6.45) is 2.32. The molecule has 0 heterocycles. The van der Waals surface area contributed by atoms with Gasteiger partial charge in [0, 0.05) is 19.8 Å². The average Bonchev–Trinajstić information content (AvgIpc) is 1.64. The fourth-order valence-corrected chi connectivity index (χ4v) is 1.16. The van der Waals surface area contributed by atoms with Crippen LogP contribution >= 0.6 is 12.4 Å². The van der Waals surface area contributed by atoms with Gasteiger partial charge in [-0.3, -0.25) is 0 Å². The molecule has 1 aliphatic carbocycles. The van der Waals surface area contributed by atoms with E-state index in [0.29, 0.717) is 6.04 Å². The zero-order chi connectivity index (χ0) is 5.98. The highest BCUT2D eigenvalue weighted by atomic mass is 35.5. The van der Waals surface area contributed by atoms with Gasteiger partial charge < -0.3 is 10.5 Å². The van der Waals surface area contributed by atoms with Crippen LogP contribution in [0.4, 0.5) is 0 Å². The van der Waals surface area contributed by atoms with Crippen LogP contribution in [0.3, 0.4) is 0 Å². The van der Waals surface area contributed by atoms with Crippen LogP contribution in [0, 0.1) is 5.92 Å². The first-order valence-electron chi connectivity index (χ1n) is 3.07. The largest absolute Gasteiger partial charge is 0.384 e. The highest BCUT2D eigenvalue weighted by Crippen LogP contribution is 2.24. The Morgan fingerprint density at radius 1 is 1.56 bits per heavy atom. The third-order valence-electron chi connectivity index (χ3n) is 1.67. The van der Waals surface area contributed by atoms with Crippen molar-refractivity contribution in [2.24, 2.45) is 11.7 Å². The zero-order valence-corrected chi connectivity index (χ0v) is 6.49. The van der Waals surface area contributed by atoms with E-state index in [4.69, 9.17) is 10.5 Å². The quantitative estimate of drug-likeness (QED) is 0.634. The monoisotopic (exact) mass is 151 g/mol. The molecule has 0 aromatic carbocycles. The number of halogens is 1. The van der Waals surface area contributed by atoms with Crippen LogP contribution in [0.1, 0.15) is 12.8 Å². The van der Waals surface area contributed by atoms with Gasteiger partial charge >= 0.3 is 0 Å². The molecule has 0 aromatic rings. The van der Waals surface area contributed by atoms with Crippen molar-refractivity contribution in [3.05, 3.63) is 0 Å². The van der Waals surface area contributed by atoms with E-state index in [1.807, 2.05) is 0 Å². The van der Waals surface area contributed by atoms with Gasteiger partial charge in [0.2, 0.25) is 0 Å². The maximum absolute atomic E-state index is 5.54. The average molecular weight is 152 g/mol. The summed E-state index contributed by atoms with van der Waals surface area (Å²) in [5, 5.41) is 0. The first-order chi connectivity index (χ1) is 3.83.